The number of likely N-dealkylation sites (tertiary alicyclic amines) is 1. The van der Waals surface area contributed by atoms with Gasteiger partial charge in [0, 0.05) is 25.6 Å². The molecule has 0 radical (unpaired) electrons. The van der Waals surface area contributed by atoms with Gasteiger partial charge in [0.25, 0.3) is 5.91 Å². The highest BCUT2D eigenvalue weighted by atomic mass is 16.3. The number of amides is 1. The standard InChI is InChI=1S/C13H20N4O2/c18-7-5-9-2-1-6-17(8-9)13(19)12-14-11(15-16-12)10-3-4-10/h9-10,18H,1-8H2,(H,14,15,16). The van der Waals surface area contributed by atoms with E-state index >= 15 is 0 Å². The molecule has 104 valence electrons. The number of aliphatic hydroxyl groups excluding tert-OH is 1. The lowest BCUT2D eigenvalue weighted by Gasteiger charge is -2.31. The van der Waals surface area contributed by atoms with Gasteiger partial charge in [-0.25, -0.2) is 4.98 Å². The van der Waals surface area contributed by atoms with E-state index in [0.29, 0.717) is 24.2 Å². The summed E-state index contributed by atoms with van der Waals surface area (Å²) in [5.41, 5.74) is 0. The molecule has 1 aromatic rings. The summed E-state index contributed by atoms with van der Waals surface area (Å²) in [6, 6.07) is 0. The van der Waals surface area contributed by atoms with E-state index < -0.39 is 0 Å². The number of H-pyrrole nitrogens is 1. The van der Waals surface area contributed by atoms with Crippen molar-refractivity contribution in [3.05, 3.63) is 11.6 Å². The maximum Gasteiger partial charge on any atom is 0.293 e. The van der Waals surface area contributed by atoms with Crippen LogP contribution >= 0.6 is 0 Å². The number of aromatic nitrogens is 3. The zero-order valence-corrected chi connectivity index (χ0v) is 11.0. The molecule has 1 saturated heterocycles. The van der Waals surface area contributed by atoms with Gasteiger partial charge in [-0.3, -0.25) is 9.89 Å². The molecular formula is C13H20N4O2. The Kier molecular flexibility index (Phi) is 3.50. The van der Waals surface area contributed by atoms with Gasteiger partial charge in [0.1, 0.15) is 5.82 Å². The Morgan fingerprint density at radius 1 is 1.42 bits per heavy atom. The van der Waals surface area contributed by atoms with Crippen LogP contribution < -0.4 is 0 Å². The van der Waals surface area contributed by atoms with Crippen LogP contribution in [0.5, 0.6) is 0 Å². The fraction of sp³-hybridized carbons (Fsp3) is 0.769. The van der Waals surface area contributed by atoms with Gasteiger partial charge in [-0.1, -0.05) is 0 Å². The highest BCUT2D eigenvalue weighted by Crippen LogP contribution is 2.37. The summed E-state index contributed by atoms with van der Waals surface area (Å²) >= 11 is 0. The predicted octanol–water partition coefficient (Wildman–Crippen LogP) is 0.917. The number of carbonyl (C=O) groups is 1. The third-order valence-electron chi connectivity index (χ3n) is 4.00. The number of nitrogens with one attached hydrogen (secondary N) is 1. The molecule has 1 saturated carbocycles. The summed E-state index contributed by atoms with van der Waals surface area (Å²) in [5.74, 6) is 1.96. The molecular weight excluding hydrogens is 244 g/mol. The average molecular weight is 264 g/mol. The SMILES string of the molecule is O=C(c1n[nH]c(C2CC2)n1)N1CCCC(CCO)C1. The van der Waals surface area contributed by atoms with E-state index in [2.05, 4.69) is 15.2 Å². The van der Waals surface area contributed by atoms with Crippen LogP contribution in [0.15, 0.2) is 0 Å². The van der Waals surface area contributed by atoms with Gasteiger partial charge < -0.3 is 10.0 Å². The number of aromatic amines is 1. The first-order valence-corrected chi connectivity index (χ1v) is 7.10. The van der Waals surface area contributed by atoms with Gasteiger partial charge in [0.15, 0.2) is 0 Å². The lowest BCUT2D eigenvalue weighted by atomic mass is 9.95. The molecule has 1 amide bonds. The first-order valence-electron chi connectivity index (χ1n) is 7.10. The van der Waals surface area contributed by atoms with Gasteiger partial charge in [0.05, 0.1) is 0 Å². The number of hydrogen-bond acceptors (Lipinski definition) is 4. The predicted molar refractivity (Wildman–Crippen MR) is 68.7 cm³/mol. The van der Waals surface area contributed by atoms with E-state index in [1.165, 1.54) is 0 Å². The number of nitrogens with zero attached hydrogens (tertiary/aromatic N) is 3. The molecule has 1 aliphatic carbocycles. The fourth-order valence-electron chi connectivity index (χ4n) is 2.72. The van der Waals surface area contributed by atoms with E-state index in [4.69, 9.17) is 5.11 Å². The molecule has 2 aliphatic rings. The maximum atomic E-state index is 12.3. The summed E-state index contributed by atoms with van der Waals surface area (Å²) in [6.45, 7) is 1.68. The minimum atomic E-state index is -0.0780. The van der Waals surface area contributed by atoms with Gasteiger partial charge in [-0.05, 0) is 38.0 Å². The Bertz CT molecular complexity index is 453. The minimum Gasteiger partial charge on any atom is -0.396 e. The first kappa shape index (κ1) is 12.6. The second kappa shape index (κ2) is 5.28. The first-order chi connectivity index (χ1) is 9.28. The van der Waals surface area contributed by atoms with E-state index in [0.717, 1.165) is 44.5 Å². The third kappa shape index (κ3) is 2.78. The smallest absolute Gasteiger partial charge is 0.293 e. The summed E-state index contributed by atoms with van der Waals surface area (Å²) in [4.78, 5) is 18.5. The Balaban J connectivity index is 1.64. The molecule has 2 heterocycles. The zero-order chi connectivity index (χ0) is 13.2. The topological polar surface area (TPSA) is 82.1 Å². The summed E-state index contributed by atoms with van der Waals surface area (Å²) < 4.78 is 0. The second-order valence-corrected chi connectivity index (χ2v) is 5.59. The Hall–Kier alpha value is -1.43. The van der Waals surface area contributed by atoms with Crippen molar-refractivity contribution in [3.8, 4) is 0 Å². The summed E-state index contributed by atoms with van der Waals surface area (Å²) in [7, 11) is 0. The molecule has 3 rings (SSSR count). The lowest BCUT2D eigenvalue weighted by Crippen LogP contribution is -2.40. The van der Waals surface area contributed by atoms with Crippen LogP contribution in [-0.4, -0.2) is 50.8 Å². The van der Waals surface area contributed by atoms with Crippen molar-refractivity contribution < 1.29 is 9.90 Å². The minimum absolute atomic E-state index is 0.0780. The van der Waals surface area contributed by atoms with Crippen molar-refractivity contribution in [1.82, 2.24) is 20.1 Å². The molecule has 1 unspecified atom stereocenters. The van der Waals surface area contributed by atoms with E-state index in [-0.39, 0.29) is 12.5 Å². The average Bonchev–Trinajstić information content (AvgIpc) is 3.17. The largest absolute Gasteiger partial charge is 0.396 e. The highest BCUT2D eigenvalue weighted by molar-refractivity contribution is 5.90. The molecule has 2 fully saturated rings. The second-order valence-electron chi connectivity index (χ2n) is 5.59. The Morgan fingerprint density at radius 2 is 2.26 bits per heavy atom. The molecule has 0 bridgehead atoms. The van der Waals surface area contributed by atoms with Crippen molar-refractivity contribution in [2.24, 2.45) is 5.92 Å². The summed E-state index contributed by atoms with van der Waals surface area (Å²) in [5, 5.41) is 15.9. The van der Waals surface area contributed by atoms with Gasteiger partial charge in [0.2, 0.25) is 5.82 Å². The molecule has 1 aromatic heterocycles. The number of rotatable bonds is 4. The van der Waals surface area contributed by atoms with E-state index in [9.17, 15) is 4.79 Å². The Labute approximate surface area is 112 Å². The van der Waals surface area contributed by atoms with E-state index in [1.807, 2.05) is 4.90 Å². The quantitative estimate of drug-likeness (QED) is 0.847. The van der Waals surface area contributed by atoms with Crippen molar-refractivity contribution in [2.75, 3.05) is 19.7 Å². The molecule has 1 atom stereocenters. The van der Waals surface area contributed by atoms with Crippen LogP contribution in [0, 0.1) is 5.92 Å². The van der Waals surface area contributed by atoms with Gasteiger partial charge >= 0.3 is 0 Å². The van der Waals surface area contributed by atoms with Crippen LogP contribution in [0.2, 0.25) is 0 Å². The van der Waals surface area contributed by atoms with Crippen molar-refractivity contribution in [3.63, 3.8) is 0 Å². The number of hydrogen-bond donors (Lipinski definition) is 2. The monoisotopic (exact) mass is 264 g/mol. The van der Waals surface area contributed by atoms with E-state index in [1.54, 1.807) is 0 Å². The molecule has 19 heavy (non-hydrogen) atoms. The highest BCUT2D eigenvalue weighted by Gasteiger charge is 2.30. The zero-order valence-electron chi connectivity index (χ0n) is 11.0. The van der Waals surface area contributed by atoms with Crippen LogP contribution in [0.1, 0.15) is 54.5 Å². The summed E-state index contributed by atoms with van der Waals surface area (Å²) in [6.07, 6.45) is 5.14. The number of aliphatic hydroxyl groups is 1. The van der Waals surface area contributed by atoms with Crippen molar-refractivity contribution >= 4 is 5.91 Å². The van der Waals surface area contributed by atoms with Crippen molar-refractivity contribution in [2.45, 2.75) is 38.0 Å². The van der Waals surface area contributed by atoms with Crippen LogP contribution in [-0.2, 0) is 0 Å². The van der Waals surface area contributed by atoms with Crippen molar-refractivity contribution in [1.29, 1.82) is 0 Å². The maximum absolute atomic E-state index is 12.3. The van der Waals surface area contributed by atoms with Gasteiger partial charge in [-0.2, -0.15) is 0 Å². The molecule has 6 heteroatoms. The third-order valence-corrected chi connectivity index (χ3v) is 4.00. The molecule has 1 aliphatic heterocycles. The normalized spacial score (nSPS) is 23.6. The molecule has 6 nitrogen and oxygen atoms in total. The molecule has 0 aromatic carbocycles. The van der Waals surface area contributed by atoms with Crippen LogP contribution in [0.25, 0.3) is 0 Å². The van der Waals surface area contributed by atoms with Gasteiger partial charge in [-0.15, -0.1) is 5.10 Å². The Morgan fingerprint density at radius 3 is 3.00 bits per heavy atom. The molecule has 2 N–H and O–H groups in total. The molecule has 0 spiro atoms. The number of piperidine rings is 1. The van der Waals surface area contributed by atoms with Crippen LogP contribution in [0.3, 0.4) is 0 Å². The van der Waals surface area contributed by atoms with Crippen LogP contribution in [0.4, 0.5) is 0 Å². The fourth-order valence-corrected chi connectivity index (χ4v) is 2.72. The number of carbonyl (C=O) groups excluding carboxylic acids is 1. The lowest BCUT2D eigenvalue weighted by molar-refractivity contribution is 0.0642.